The van der Waals surface area contributed by atoms with E-state index in [2.05, 4.69) is 43.2 Å². The van der Waals surface area contributed by atoms with E-state index in [1.54, 1.807) is 18.4 Å². The summed E-state index contributed by atoms with van der Waals surface area (Å²) in [5, 5.41) is 14.3. The minimum Gasteiger partial charge on any atom is -0.478 e. The van der Waals surface area contributed by atoms with Gasteiger partial charge in [0.15, 0.2) is 0 Å². The van der Waals surface area contributed by atoms with Crippen molar-refractivity contribution in [2.24, 2.45) is 0 Å². The number of halogens is 1. The molecule has 1 unspecified atom stereocenters. The molecule has 0 saturated carbocycles. The van der Waals surface area contributed by atoms with Crippen LogP contribution >= 0.6 is 11.6 Å². The number of fused-ring (bicyclic) bond motifs is 1. The largest absolute Gasteiger partial charge is 0.478 e. The number of carbonyl (C=O) groups is 1. The highest BCUT2D eigenvalue weighted by Gasteiger charge is 2.25. The van der Waals surface area contributed by atoms with Crippen LogP contribution in [0, 0.1) is 0 Å². The molecule has 0 amide bonds. The van der Waals surface area contributed by atoms with Gasteiger partial charge in [-0.25, -0.2) is 4.79 Å². The fraction of sp³-hybridized carbons (Fsp3) is 0.409. The quantitative estimate of drug-likeness (QED) is 0.453. The van der Waals surface area contributed by atoms with Gasteiger partial charge in [0.05, 0.1) is 16.6 Å². The maximum Gasteiger partial charge on any atom is 0.335 e. The van der Waals surface area contributed by atoms with Crippen LogP contribution in [-0.4, -0.2) is 35.9 Å². The third kappa shape index (κ3) is 5.53. The van der Waals surface area contributed by atoms with Crippen LogP contribution in [0.4, 0.5) is 0 Å². The Morgan fingerprint density at radius 1 is 1.31 bits per heavy atom. The highest BCUT2D eigenvalue weighted by molar-refractivity contribution is 6.76. The molecule has 2 aromatic rings. The second-order valence-corrected chi connectivity index (χ2v) is 15.1. The first-order chi connectivity index (χ1) is 13.6. The number of carboxylic acid groups (broad SMARTS) is 1. The number of dihydropyridines is 1. The van der Waals surface area contributed by atoms with Gasteiger partial charge in [-0.3, -0.25) is 0 Å². The lowest BCUT2D eigenvalue weighted by molar-refractivity contribution is -0.132. The highest BCUT2D eigenvalue weighted by atomic mass is 35.5. The van der Waals surface area contributed by atoms with Crippen molar-refractivity contribution in [2.45, 2.75) is 51.3 Å². The number of carboxylic acids is 1. The highest BCUT2D eigenvalue weighted by Crippen LogP contribution is 2.27. The SMILES string of the molecule is CC1(Cc2ccc3c(c2)cc(Cl)n3COCC[Si](C)(C)C)C=C(C(=O)O)C=CN1. The molecule has 29 heavy (non-hydrogen) atoms. The summed E-state index contributed by atoms with van der Waals surface area (Å²) in [6.45, 7) is 10.2. The number of nitrogens with zero attached hydrogens (tertiary/aromatic N) is 1. The van der Waals surface area contributed by atoms with Crippen LogP contribution in [-0.2, 0) is 22.7 Å². The summed E-state index contributed by atoms with van der Waals surface area (Å²) < 4.78 is 7.86. The molecule has 0 bridgehead atoms. The molecule has 7 heteroatoms. The molecule has 5 nitrogen and oxygen atoms in total. The maximum atomic E-state index is 11.3. The Morgan fingerprint density at radius 2 is 2.07 bits per heavy atom. The van der Waals surface area contributed by atoms with Crippen molar-refractivity contribution < 1.29 is 14.6 Å². The smallest absolute Gasteiger partial charge is 0.335 e. The van der Waals surface area contributed by atoms with Crippen LogP contribution in [0.25, 0.3) is 10.9 Å². The first kappa shape index (κ1) is 21.7. The van der Waals surface area contributed by atoms with E-state index in [1.165, 1.54) is 0 Å². The van der Waals surface area contributed by atoms with Gasteiger partial charge in [0.1, 0.15) is 11.9 Å². The second kappa shape index (κ2) is 8.38. The van der Waals surface area contributed by atoms with Gasteiger partial charge in [0.2, 0.25) is 0 Å². The molecule has 1 aromatic carbocycles. The fourth-order valence-electron chi connectivity index (χ4n) is 3.48. The number of hydrogen-bond donors (Lipinski definition) is 2. The van der Waals surface area contributed by atoms with E-state index in [0.29, 0.717) is 23.9 Å². The van der Waals surface area contributed by atoms with E-state index in [9.17, 15) is 9.90 Å². The van der Waals surface area contributed by atoms with Gasteiger partial charge in [-0.1, -0.05) is 37.3 Å². The van der Waals surface area contributed by atoms with Crippen molar-refractivity contribution in [1.29, 1.82) is 0 Å². The molecule has 0 radical (unpaired) electrons. The van der Waals surface area contributed by atoms with Crippen molar-refractivity contribution in [3.63, 3.8) is 0 Å². The number of ether oxygens (including phenoxy) is 1. The Balaban J connectivity index is 1.74. The zero-order valence-corrected chi connectivity index (χ0v) is 19.2. The van der Waals surface area contributed by atoms with Gasteiger partial charge >= 0.3 is 5.97 Å². The Hall–Kier alpha value is -2.02. The van der Waals surface area contributed by atoms with E-state index >= 15 is 0 Å². The number of benzene rings is 1. The Bertz CT molecular complexity index is 974. The number of hydrogen-bond acceptors (Lipinski definition) is 3. The van der Waals surface area contributed by atoms with Gasteiger partial charge in [-0.2, -0.15) is 0 Å². The average molecular weight is 433 g/mol. The van der Waals surface area contributed by atoms with Gasteiger partial charge in [-0.15, -0.1) is 0 Å². The predicted octanol–water partition coefficient (Wildman–Crippen LogP) is 5.04. The van der Waals surface area contributed by atoms with E-state index < -0.39 is 19.6 Å². The van der Waals surface area contributed by atoms with Crippen LogP contribution in [0.15, 0.2) is 48.2 Å². The molecule has 0 saturated heterocycles. The third-order valence-corrected chi connectivity index (χ3v) is 7.12. The van der Waals surface area contributed by atoms with Gasteiger partial charge in [0, 0.05) is 20.1 Å². The summed E-state index contributed by atoms with van der Waals surface area (Å²) in [6.07, 6.45) is 5.71. The van der Waals surface area contributed by atoms with Gasteiger partial charge < -0.3 is 19.7 Å². The Kier molecular flexibility index (Phi) is 6.26. The first-order valence-electron chi connectivity index (χ1n) is 9.82. The molecule has 156 valence electrons. The van der Waals surface area contributed by atoms with Crippen molar-refractivity contribution in [3.05, 3.63) is 58.9 Å². The summed E-state index contributed by atoms with van der Waals surface area (Å²) in [5.74, 6) is -0.914. The van der Waals surface area contributed by atoms with Crippen LogP contribution in [0.2, 0.25) is 30.8 Å². The summed E-state index contributed by atoms with van der Waals surface area (Å²) in [5.41, 5.74) is 1.99. The lowest BCUT2D eigenvalue weighted by Gasteiger charge is -2.30. The molecule has 2 N–H and O–H groups in total. The zero-order chi connectivity index (χ0) is 21.2. The normalized spacial score (nSPS) is 19.3. The average Bonchev–Trinajstić information content (AvgIpc) is 2.92. The van der Waals surface area contributed by atoms with Gasteiger partial charge in [0.25, 0.3) is 0 Å². The maximum absolute atomic E-state index is 11.3. The second-order valence-electron chi connectivity index (χ2n) is 9.11. The summed E-state index contributed by atoms with van der Waals surface area (Å²) in [7, 11) is -1.11. The number of rotatable bonds is 8. The Labute approximate surface area is 178 Å². The van der Waals surface area contributed by atoms with Crippen molar-refractivity contribution >= 4 is 36.5 Å². The van der Waals surface area contributed by atoms with Crippen molar-refractivity contribution in [1.82, 2.24) is 9.88 Å². The molecule has 0 fully saturated rings. The zero-order valence-electron chi connectivity index (χ0n) is 17.5. The molecule has 1 aromatic heterocycles. The van der Waals surface area contributed by atoms with Crippen molar-refractivity contribution in [3.8, 4) is 0 Å². The van der Waals surface area contributed by atoms with Crippen LogP contribution < -0.4 is 5.32 Å². The molecular formula is C22H29ClN2O3Si. The van der Waals surface area contributed by atoms with E-state index in [0.717, 1.165) is 29.1 Å². The topological polar surface area (TPSA) is 63.5 Å². The molecule has 1 atom stereocenters. The van der Waals surface area contributed by atoms with Crippen LogP contribution in [0.5, 0.6) is 0 Å². The monoisotopic (exact) mass is 432 g/mol. The number of nitrogens with one attached hydrogen (secondary N) is 1. The molecule has 1 aliphatic rings. The predicted molar refractivity (Wildman–Crippen MR) is 121 cm³/mol. The molecule has 0 spiro atoms. The number of aromatic nitrogens is 1. The summed E-state index contributed by atoms with van der Waals surface area (Å²) >= 11 is 6.46. The lowest BCUT2D eigenvalue weighted by atomic mass is 9.88. The first-order valence-corrected chi connectivity index (χ1v) is 13.9. The van der Waals surface area contributed by atoms with Crippen LogP contribution in [0.1, 0.15) is 12.5 Å². The van der Waals surface area contributed by atoms with Gasteiger partial charge in [-0.05, 0) is 61.5 Å². The number of aliphatic carboxylic acids is 1. The molecule has 2 heterocycles. The lowest BCUT2D eigenvalue weighted by Crippen LogP contribution is -2.41. The minimum absolute atomic E-state index is 0.303. The minimum atomic E-state index is -1.11. The molecule has 1 aliphatic heterocycles. The molecule has 0 aliphatic carbocycles. The molecule has 3 rings (SSSR count). The van der Waals surface area contributed by atoms with Crippen molar-refractivity contribution in [2.75, 3.05) is 6.61 Å². The van der Waals surface area contributed by atoms with E-state index in [-0.39, 0.29) is 0 Å². The molecular weight excluding hydrogens is 404 g/mol. The summed E-state index contributed by atoms with van der Waals surface area (Å²) in [6, 6.07) is 9.31. The summed E-state index contributed by atoms with van der Waals surface area (Å²) in [4.78, 5) is 11.3. The van der Waals surface area contributed by atoms with Crippen LogP contribution in [0.3, 0.4) is 0 Å². The fourth-order valence-corrected chi connectivity index (χ4v) is 4.49. The Morgan fingerprint density at radius 3 is 2.76 bits per heavy atom. The van der Waals surface area contributed by atoms with E-state index in [1.807, 2.05) is 17.6 Å². The standard InChI is InChI=1S/C22H29ClN2O3Si/c1-22(14-17(21(26)27)7-8-24-22)13-16-5-6-19-18(11-16)12-20(23)25(19)15-28-9-10-29(2,3)4/h5-8,11-12,14,24H,9-10,13,15H2,1-4H3,(H,26,27). The third-order valence-electron chi connectivity index (χ3n) is 5.10. The van der Waals surface area contributed by atoms with E-state index in [4.69, 9.17) is 16.3 Å².